The van der Waals surface area contributed by atoms with Gasteiger partial charge in [0.25, 0.3) is 0 Å². The fraction of sp³-hybridized carbons (Fsp3) is 0.714. The van der Waals surface area contributed by atoms with Gasteiger partial charge in [-0.15, -0.1) is 0 Å². The van der Waals surface area contributed by atoms with Crippen LogP contribution < -0.4 is 4.74 Å². The van der Waals surface area contributed by atoms with Crippen molar-refractivity contribution in [3.63, 3.8) is 0 Å². The summed E-state index contributed by atoms with van der Waals surface area (Å²) in [6.07, 6.45) is 8.98. The molecule has 3 heteroatoms. The molecular weight excluding hydrogens is 298 g/mol. The monoisotopic (exact) mass is 327 g/mol. The molecule has 1 aromatic rings. The first-order valence-electron chi connectivity index (χ1n) is 9.81. The van der Waals surface area contributed by atoms with E-state index in [1.165, 1.54) is 45.1 Å². The lowest BCUT2D eigenvalue weighted by Gasteiger charge is -2.59. The lowest BCUT2D eigenvalue weighted by atomic mass is 9.52. The maximum absolute atomic E-state index is 9.79. The van der Waals surface area contributed by atoms with Crippen molar-refractivity contribution in [1.82, 2.24) is 4.90 Å². The average Bonchev–Trinajstić information content (AvgIpc) is 3.31. The number of hydrogen-bond donors (Lipinski definition) is 1. The topological polar surface area (TPSA) is 32.7 Å². The number of likely N-dealkylation sites (tertiary alicyclic amines) is 1. The van der Waals surface area contributed by atoms with Gasteiger partial charge in [0.1, 0.15) is 5.75 Å². The van der Waals surface area contributed by atoms with Crippen molar-refractivity contribution < 1.29 is 9.84 Å². The van der Waals surface area contributed by atoms with Gasteiger partial charge in [-0.3, -0.25) is 4.90 Å². The van der Waals surface area contributed by atoms with Crippen LogP contribution in [0.3, 0.4) is 0 Å². The second-order valence-corrected chi connectivity index (χ2v) is 8.61. The summed E-state index contributed by atoms with van der Waals surface area (Å²) in [5, 5.41) is 9.79. The molecular formula is C21H29NO2. The normalized spacial score (nSPS) is 40.6. The molecule has 2 unspecified atom stereocenters. The maximum Gasteiger partial charge on any atom is 0.119 e. The van der Waals surface area contributed by atoms with Gasteiger partial charge in [-0.2, -0.15) is 0 Å². The van der Waals surface area contributed by atoms with Crippen LogP contribution in [-0.2, 0) is 11.8 Å². The molecule has 3 fully saturated rings. The fourth-order valence-corrected chi connectivity index (χ4v) is 6.15. The Balaban J connectivity index is 1.53. The minimum atomic E-state index is -0.0248. The molecule has 1 saturated heterocycles. The molecule has 5 atom stereocenters. The molecule has 4 aliphatic rings. The SMILES string of the molecule is COc1ccc2c(c1)[C@@]13CCCC[C@H]1[C@@H](C2)N(CC1CC1O)CC3. The van der Waals surface area contributed by atoms with Crippen molar-refractivity contribution in [2.24, 2.45) is 11.8 Å². The van der Waals surface area contributed by atoms with Crippen LogP contribution in [-0.4, -0.2) is 42.4 Å². The molecule has 0 aromatic heterocycles. The summed E-state index contributed by atoms with van der Waals surface area (Å²) in [5.74, 6) is 2.36. The van der Waals surface area contributed by atoms with Gasteiger partial charge in [-0.1, -0.05) is 18.9 Å². The van der Waals surface area contributed by atoms with E-state index in [1.807, 2.05) is 0 Å². The molecule has 0 amide bonds. The number of aliphatic hydroxyl groups is 1. The zero-order valence-electron chi connectivity index (χ0n) is 14.7. The van der Waals surface area contributed by atoms with Crippen molar-refractivity contribution in [3.8, 4) is 5.75 Å². The summed E-state index contributed by atoms with van der Waals surface area (Å²) in [7, 11) is 1.78. The number of benzene rings is 1. The third-order valence-electron chi connectivity index (χ3n) is 7.51. The van der Waals surface area contributed by atoms with Crippen molar-refractivity contribution >= 4 is 0 Å². The highest BCUT2D eigenvalue weighted by molar-refractivity contribution is 5.45. The zero-order chi connectivity index (χ0) is 16.3. The first-order chi connectivity index (χ1) is 11.7. The minimum Gasteiger partial charge on any atom is -0.497 e. The highest BCUT2D eigenvalue weighted by Crippen LogP contribution is 2.56. The number of nitrogens with zero attached hydrogens (tertiary/aromatic N) is 1. The standard InChI is InChI=1S/C21H29NO2/c1-24-16-6-5-14-10-19-17-4-2-3-7-21(17,18(14)12-16)8-9-22(19)13-15-11-20(15)23/h5-6,12,15,17,19-20,23H,2-4,7-11,13H2,1H3/t15?,17-,19+,20?,21+/m0/s1. The Kier molecular flexibility index (Phi) is 3.47. The van der Waals surface area contributed by atoms with Crippen LogP contribution in [0.5, 0.6) is 5.75 Å². The minimum absolute atomic E-state index is 0.0248. The van der Waals surface area contributed by atoms with Crippen LogP contribution in [0.2, 0.25) is 0 Å². The lowest BCUT2D eigenvalue weighted by molar-refractivity contribution is -0.0152. The van der Waals surface area contributed by atoms with Crippen LogP contribution in [0.4, 0.5) is 0 Å². The quantitative estimate of drug-likeness (QED) is 0.926. The molecule has 1 N–H and O–H groups in total. The average molecular weight is 327 g/mol. The number of aliphatic hydroxyl groups excluding tert-OH is 1. The van der Waals surface area contributed by atoms with Crippen LogP contribution >= 0.6 is 0 Å². The molecule has 0 spiro atoms. The second-order valence-electron chi connectivity index (χ2n) is 8.61. The second kappa shape index (κ2) is 5.47. The summed E-state index contributed by atoms with van der Waals surface area (Å²) in [5.41, 5.74) is 3.55. The molecule has 3 nitrogen and oxygen atoms in total. The zero-order valence-corrected chi connectivity index (χ0v) is 14.7. The summed E-state index contributed by atoms with van der Waals surface area (Å²) in [6.45, 7) is 2.32. The van der Waals surface area contributed by atoms with Gasteiger partial charge in [0.2, 0.25) is 0 Å². The summed E-state index contributed by atoms with van der Waals surface area (Å²) < 4.78 is 5.55. The van der Waals surface area contributed by atoms with E-state index in [0.717, 1.165) is 24.6 Å². The van der Waals surface area contributed by atoms with Gasteiger partial charge in [0.15, 0.2) is 0 Å². The Hall–Kier alpha value is -1.06. The van der Waals surface area contributed by atoms with E-state index in [2.05, 4.69) is 23.1 Å². The van der Waals surface area contributed by atoms with E-state index in [1.54, 1.807) is 18.2 Å². The highest BCUT2D eigenvalue weighted by atomic mass is 16.5. The Morgan fingerprint density at radius 2 is 2.17 bits per heavy atom. The summed E-state index contributed by atoms with van der Waals surface area (Å²) in [4.78, 5) is 2.74. The number of hydrogen-bond acceptors (Lipinski definition) is 3. The number of methoxy groups -OCH3 is 1. The van der Waals surface area contributed by atoms with Crippen LogP contribution in [0, 0.1) is 11.8 Å². The van der Waals surface area contributed by atoms with Gasteiger partial charge >= 0.3 is 0 Å². The Morgan fingerprint density at radius 1 is 1.29 bits per heavy atom. The third kappa shape index (κ3) is 2.17. The first kappa shape index (κ1) is 15.2. The van der Waals surface area contributed by atoms with Crippen LogP contribution in [0.15, 0.2) is 18.2 Å². The molecule has 2 saturated carbocycles. The van der Waals surface area contributed by atoms with Gasteiger partial charge < -0.3 is 9.84 Å². The Bertz CT molecular complexity index is 645. The van der Waals surface area contributed by atoms with Crippen LogP contribution in [0.25, 0.3) is 0 Å². The van der Waals surface area contributed by atoms with Gasteiger partial charge in [-0.25, -0.2) is 0 Å². The van der Waals surface area contributed by atoms with E-state index in [9.17, 15) is 5.11 Å². The van der Waals surface area contributed by atoms with Gasteiger partial charge in [0, 0.05) is 23.9 Å². The van der Waals surface area contributed by atoms with Crippen molar-refractivity contribution in [2.75, 3.05) is 20.2 Å². The molecule has 5 rings (SSSR count). The number of rotatable bonds is 3. The fourth-order valence-electron chi connectivity index (χ4n) is 6.15. The predicted molar refractivity (Wildman–Crippen MR) is 94.4 cm³/mol. The maximum atomic E-state index is 9.79. The van der Waals surface area contributed by atoms with E-state index < -0.39 is 0 Å². The highest BCUT2D eigenvalue weighted by Gasteiger charge is 2.54. The van der Waals surface area contributed by atoms with Crippen molar-refractivity contribution in [1.29, 1.82) is 0 Å². The largest absolute Gasteiger partial charge is 0.497 e. The summed E-state index contributed by atoms with van der Waals surface area (Å²) >= 11 is 0. The van der Waals surface area contributed by atoms with E-state index in [0.29, 0.717) is 17.4 Å². The van der Waals surface area contributed by atoms with E-state index in [4.69, 9.17) is 4.74 Å². The molecule has 24 heavy (non-hydrogen) atoms. The van der Waals surface area contributed by atoms with Crippen molar-refractivity contribution in [3.05, 3.63) is 29.3 Å². The smallest absolute Gasteiger partial charge is 0.119 e. The molecule has 1 heterocycles. The molecule has 3 aliphatic carbocycles. The van der Waals surface area contributed by atoms with Gasteiger partial charge in [0.05, 0.1) is 13.2 Å². The number of fused-ring (bicyclic) bond motifs is 1. The number of piperidine rings is 1. The Morgan fingerprint density at radius 3 is 2.96 bits per heavy atom. The van der Waals surface area contributed by atoms with Crippen molar-refractivity contribution in [2.45, 2.75) is 62.5 Å². The molecule has 0 radical (unpaired) electrons. The molecule has 2 bridgehead atoms. The molecule has 1 aromatic carbocycles. The lowest BCUT2D eigenvalue weighted by Crippen LogP contribution is -2.61. The van der Waals surface area contributed by atoms with E-state index in [-0.39, 0.29) is 6.10 Å². The first-order valence-corrected chi connectivity index (χ1v) is 9.81. The van der Waals surface area contributed by atoms with E-state index >= 15 is 0 Å². The van der Waals surface area contributed by atoms with Crippen LogP contribution in [0.1, 0.15) is 49.7 Å². The van der Waals surface area contributed by atoms with Gasteiger partial charge in [-0.05, 0) is 67.8 Å². The summed E-state index contributed by atoms with van der Waals surface area (Å²) in [6, 6.07) is 7.50. The molecule has 130 valence electrons. The Labute approximate surface area is 145 Å². The predicted octanol–water partition coefficient (Wildman–Crippen LogP) is 3.13. The third-order valence-corrected chi connectivity index (χ3v) is 7.51. The number of ether oxygens (including phenoxy) is 1. The molecule has 1 aliphatic heterocycles.